The smallest absolute Gasteiger partial charge is 0.0110 e. The molecule has 4 nitrogen and oxygen atoms in total. The standard InChI is InChI=1S/C12H28N4/c1-14(2)7-4-5-13-6-8-16-11-9-15(3)10-12-16/h13H,4-12H2,1-3H3. The van der Waals surface area contributed by atoms with Crippen LogP contribution < -0.4 is 5.32 Å². The minimum atomic E-state index is 1.14. The number of piperazine rings is 1. The molecule has 0 aliphatic carbocycles. The number of hydrogen-bond donors (Lipinski definition) is 1. The Morgan fingerprint density at radius 2 is 1.75 bits per heavy atom. The molecule has 0 radical (unpaired) electrons. The quantitative estimate of drug-likeness (QED) is 0.608. The number of nitrogens with one attached hydrogen (secondary N) is 1. The lowest BCUT2D eigenvalue weighted by molar-refractivity contribution is 0.154. The Balaban J connectivity index is 1.87. The van der Waals surface area contributed by atoms with Crippen LogP contribution in [-0.4, -0.2) is 88.2 Å². The van der Waals surface area contributed by atoms with E-state index in [1.165, 1.54) is 45.7 Å². The molecule has 0 aromatic heterocycles. The molecular formula is C12H28N4. The number of nitrogens with zero attached hydrogens (tertiary/aromatic N) is 3. The zero-order chi connectivity index (χ0) is 11.8. The van der Waals surface area contributed by atoms with E-state index in [1.54, 1.807) is 0 Å². The number of hydrogen-bond acceptors (Lipinski definition) is 4. The Bertz CT molecular complexity index is 164. The summed E-state index contributed by atoms with van der Waals surface area (Å²) in [5.74, 6) is 0. The average Bonchev–Trinajstić information content (AvgIpc) is 2.25. The highest BCUT2D eigenvalue weighted by Gasteiger charge is 2.12. The van der Waals surface area contributed by atoms with Crippen LogP contribution in [0.1, 0.15) is 6.42 Å². The van der Waals surface area contributed by atoms with E-state index >= 15 is 0 Å². The molecule has 1 aliphatic heterocycles. The van der Waals surface area contributed by atoms with Crippen molar-refractivity contribution in [2.75, 3.05) is 73.5 Å². The van der Waals surface area contributed by atoms with E-state index in [0.717, 1.165) is 13.1 Å². The first-order valence-electron chi connectivity index (χ1n) is 6.45. The van der Waals surface area contributed by atoms with Crippen molar-refractivity contribution in [1.82, 2.24) is 20.0 Å². The molecule has 1 aliphatic rings. The third-order valence-electron chi connectivity index (χ3n) is 3.16. The molecule has 96 valence electrons. The van der Waals surface area contributed by atoms with E-state index in [-0.39, 0.29) is 0 Å². The first kappa shape index (κ1) is 13.9. The van der Waals surface area contributed by atoms with Crippen LogP contribution in [0.2, 0.25) is 0 Å². The summed E-state index contributed by atoms with van der Waals surface area (Å²) in [5.41, 5.74) is 0. The van der Waals surface area contributed by atoms with Crippen LogP contribution in [0.5, 0.6) is 0 Å². The van der Waals surface area contributed by atoms with Crippen LogP contribution in [0.25, 0.3) is 0 Å². The molecule has 1 saturated heterocycles. The van der Waals surface area contributed by atoms with Crippen molar-refractivity contribution in [3.63, 3.8) is 0 Å². The molecule has 4 heteroatoms. The number of likely N-dealkylation sites (N-methyl/N-ethyl adjacent to an activating group) is 1. The van der Waals surface area contributed by atoms with E-state index in [1.807, 2.05) is 0 Å². The van der Waals surface area contributed by atoms with Gasteiger partial charge in [-0.15, -0.1) is 0 Å². The lowest BCUT2D eigenvalue weighted by atomic mass is 10.3. The summed E-state index contributed by atoms with van der Waals surface area (Å²) >= 11 is 0. The summed E-state index contributed by atoms with van der Waals surface area (Å²) in [4.78, 5) is 7.20. The number of rotatable bonds is 7. The van der Waals surface area contributed by atoms with Crippen molar-refractivity contribution in [2.24, 2.45) is 0 Å². The SMILES string of the molecule is CN(C)CCCNCCN1CCN(C)CC1. The highest BCUT2D eigenvalue weighted by molar-refractivity contribution is 4.69. The molecule has 0 spiro atoms. The second kappa shape index (κ2) is 8.01. The van der Waals surface area contributed by atoms with Crippen molar-refractivity contribution in [1.29, 1.82) is 0 Å². The third-order valence-corrected chi connectivity index (χ3v) is 3.16. The van der Waals surface area contributed by atoms with Crippen molar-refractivity contribution in [3.05, 3.63) is 0 Å². The molecule has 0 atom stereocenters. The highest BCUT2D eigenvalue weighted by Crippen LogP contribution is 1.97. The average molecular weight is 228 g/mol. The van der Waals surface area contributed by atoms with Gasteiger partial charge in [0.1, 0.15) is 0 Å². The van der Waals surface area contributed by atoms with E-state index in [9.17, 15) is 0 Å². The predicted molar refractivity (Wildman–Crippen MR) is 70.0 cm³/mol. The van der Waals surface area contributed by atoms with Crippen molar-refractivity contribution >= 4 is 0 Å². The summed E-state index contributed by atoms with van der Waals surface area (Å²) in [6, 6.07) is 0. The van der Waals surface area contributed by atoms with Gasteiger partial charge in [0.05, 0.1) is 0 Å². The van der Waals surface area contributed by atoms with E-state index in [0.29, 0.717) is 0 Å². The molecule has 0 aromatic rings. The zero-order valence-corrected chi connectivity index (χ0v) is 11.2. The van der Waals surface area contributed by atoms with Gasteiger partial charge < -0.3 is 15.1 Å². The van der Waals surface area contributed by atoms with Crippen LogP contribution >= 0.6 is 0 Å². The second-order valence-corrected chi connectivity index (χ2v) is 5.05. The first-order valence-corrected chi connectivity index (χ1v) is 6.45. The van der Waals surface area contributed by atoms with Crippen molar-refractivity contribution < 1.29 is 0 Å². The molecule has 1 rings (SSSR count). The normalized spacial score (nSPS) is 19.5. The van der Waals surface area contributed by atoms with Gasteiger partial charge in [-0.1, -0.05) is 0 Å². The van der Waals surface area contributed by atoms with Crippen LogP contribution in [0.4, 0.5) is 0 Å². The Morgan fingerprint density at radius 3 is 2.38 bits per heavy atom. The van der Waals surface area contributed by atoms with Crippen LogP contribution in [0, 0.1) is 0 Å². The molecule has 16 heavy (non-hydrogen) atoms. The fourth-order valence-corrected chi connectivity index (χ4v) is 1.95. The molecule has 0 amide bonds. The van der Waals surface area contributed by atoms with Crippen LogP contribution in [-0.2, 0) is 0 Å². The molecule has 0 unspecified atom stereocenters. The lowest BCUT2D eigenvalue weighted by Crippen LogP contribution is -2.46. The fraction of sp³-hybridized carbons (Fsp3) is 1.00. The molecular weight excluding hydrogens is 200 g/mol. The Labute approximate surface area is 101 Å². The van der Waals surface area contributed by atoms with Gasteiger partial charge in [-0.05, 0) is 40.7 Å². The van der Waals surface area contributed by atoms with Gasteiger partial charge in [0.2, 0.25) is 0 Å². The van der Waals surface area contributed by atoms with E-state index < -0.39 is 0 Å². The van der Waals surface area contributed by atoms with Gasteiger partial charge in [-0.2, -0.15) is 0 Å². The van der Waals surface area contributed by atoms with Gasteiger partial charge in [0.15, 0.2) is 0 Å². The summed E-state index contributed by atoms with van der Waals surface area (Å²) in [6.07, 6.45) is 1.25. The van der Waals surface area contributed by atoms with Crippen molar-refractivity contribution in [3.8, 4) is 0 Å². The van der Waals surface area contributed by atoms with Crippen LogP contribution in [0.3, 0.4) is 0 Å². The summed E-state index contributed by atoms with van der Waals surface area (Å²) in [7, 11) is 6.46. The highest BCUT2D eigenvalue weighted by atomic mass is 15.2. The topological polar surface area (TPSA) is 21.8 Å². The lowest BCUT2D eigenvalue weighted by Gasteiger charge is -2.32. The largest absolute Gasteiger partial charge is 0.315 e. The minimum absolute atomic E-state index is 1.14. The maximum atomic E-state index is 3.52. The zero-order valence-electron chi connectivity index (χ0n) is 11.2. The molecule has 1 N–H and O–H groups in total. The minimum Gasteiger partial charge on any atom is -0.315 e. The Kier molecular flexibility index (Phi) is 6.96. The fourth-order valence-electron chi connectivity index (χ4n) is 1.95. The first-order chi connectivity index (χ1) is 7.68. The summed E-state index contributed by atoms with van der Waals surface area (Å²) < 4.78 is 0. The Morgan fingerprint density at radius 1 is 1.06 bits per heavy atom. The van der Waals surface area contributed by atoms with Crippen molar-refractivity contribution in [2.45, 2.75) is 6.42 Å². The van der Waals surface area contributed by atoms with Gasteiger partial charge in [-0.25, -0.2) is 0 Å². The maximum absolute atomic E-state index is 3.52. The third kappa shape index (κ3) is 6.43. The predicted octanol–water partition coefficient (Wildman–Crippen LogP) is -0.225. The Hall–Kier alpha value is -0.160. The monoisotopic (exact) mass is 228 g/mol. The molecule has 0 saturated carbocycles. The molecule has 1 fully saturated rings. The summed E-state index contributed by atoms with van der Waals surface area (Å²) in [5, 5.41) is 3.52. The van der Waals surface area contributed by atoms with E-state index in [2.05, 4.69) is 41.2 Å². The van der Waals surface area contributed by atoms with Gasteiger partial charge in [0, 0.05) is 39.3 Å². The molecule has 0 aromatic carbocycles. The van der Waals surface area contributed by atoms with Crippen LogP contribution in [0.15, 0.2) is 0 Å². The summed E-state index contributed by atoms with van der Waals surface area (Å²) in [6.45, 7) is 9.58. The van der Waals surface area contributed by atoms with Gasteiger partial charge >= 0.3 is 0 Å². The van der Waals surface area contributed by atoms with Gasteiger partial charge in [-0.3, -0.25) is 4.90 Å². The molecule has 1 heterocycles. The maximum Gasteiger partial charge on any atom is 0.0110 e. The van der Waals surface area contributed by atoms with Gasteiger partial charge in [0.25, 0.3) is 0 Å². The second-order valence-electron chi connectivity index (χ2n) is 5.05. The van der Waals surface area contributed by atoms with E-state index in [4.69, 9.17) is 0 Å². The molecule has 0 bridgehead atoms.